The number of nitrogens with one attached hydrogen (secondary N) is 1. The SMILES string of the molecule is COC(=O)c1cc(NC(=O)[C@@H](OC)c2ccccc2)ccc1Cl. The molecule has 0 aliphatic rings. The van der Waals surface area contributed by atoms with E-state index >= 15 is 0 Å². The Morgan fingerprint density at radius 1 is 1.09 bits per heavy atom. The van der Waals surface area contributed by atoms with Crippen LogP contribution in [-0.4, -0.2) is 26.1 Å². The first-order valence-corrected chi connectivity index (χ1v) is 7.21. The lowest BCUT2D eigenvalue weighted by molar-refractivity contribution is -0.126. The van der Waals surface area contributed by atoms with E-state index < -0.39 is 12.1 Å². The molecule has 5 nitrogen and oxygen atoms in total. The van der Waals surface area contributed by atoms with Crippen LogP contribution < -0.4 is 5.32 Å². The molecule has 0 aromatic heterocycles. The molecule has 1 atom stereocenters. The molecule has 0 bridgehead atoms. The molecule has 0 saturated carbocycles. The largest absolute Gasteiger partial charge is 0.465 e. The van der Waals surface area contributed by atoms with E-state index in [1.54, 1.807) is 18.2 Å². The number of esters is 1. The fourth-order valence-corrected chi connectivity index (χ4v) is 2.29. The summed E-state index contributed by atoms with van der Waals surface area (Å²) in [6.07, 6.45) is -0.756. The Balaban J connectivity index is 2.21. The number of hydrogen-bond acceptors (Lipinski definition) is 4. The van der Waals surface area contributed by atoms with Crippen molar-refractivity contribution in [1.29, 1.82) is 0 Å². The second-order valence-corrected chi connectivity index (χ2v) is 5.11. The number of carbonyl (C=O) groups is 2. The Hall–Kier alpha value is -2.37. The van der Waals surface area contributed by atoms with Crippen molar-refractivity contribution in [2.45, 2.75) is 6.10 Å². The Bertz CT molecular complexity index is 703. The highest BCUT2D eigenvalue weighted by molar-refractivity contribution is 6.33. The van der Waals surface area contributed by atoms with Gasteiger partial charge in [0.2, 0.25) is 0 Å². The lowest BCUT2D eigenvalue weighted by Gasteiger charge is -2.16. The average Bonchev–Trinajstić information content (AvgIpc) is 2.57. The highest BCUT2D eigenvalue weighted by atomic mass is 35.5. The summed E-state index contributed by atoms with van der Waals surface area (Å²) >= 11 is 5.95. The summed E-state index contributed by atoms with van der Waals surface area (Å²) in [5.74, 6) is -0.922. The molecule has 0 spiro atoms. The number of anilines is 1. The van der Waals surface area contributed by atoms with Crippen molar-refractivity contribution in [3.05, 3.63) is 64.7 Å². The van der Waals surface area contributed by atoms with Crippen LogP contribution in [0.25, 0.3) is 0 Å². The fraction of sp³-hybridized carbons (Fsp3) is 0.176. The van der Waals surface area contributed by atoms with Crippen molar-refractivity contribution in [3.63, 3.8) is 0 Å². The highest BCUT2D eigenvalue weighted by Gasteiger charge is 2.20. The van der Waals surface area contributed by atoms with E-state index in [1.807, 2.05) is 18.2 Å². The van der Waals surface area contributed by atoms with Gasteiger partial charge in [-0.2, -0.15) is 0 Å². The number of hydrogen-bond donors (Lipinski definition) is 1. The monoisotopic (exact) mass is 333 g/mol. The number of methoxy groups -OCH3 is 2. The maximum absolute atomic E-state index is 12.4. The Kier molecular flexibility index (Phi) is 5.73. The molecule has 0 aliphatic heterocycles. The molecule has 0 radical (unpaired) electrons. The number of carbonyl (C=O) groups excluding carboxylic acids is 2. The zero-order valence-electron chi connectivity index (χ0n) is 12.7. The predicted octanol–water partition coefficient (Wildman–Crippen LogP) is 3.45. The standard InChI is InChI=1S/C17H16ClNO4/c1-22-15(11-6-4-3-5-7-11)16(20)19-12-8-9-14(18)13(10-12)17(21)23-2/h3-10,15H,1-2H3,(H,19,20)/t15-/m0/s1. The van der Waals surface area contributed by atoms with Crippen LogP contribution in [0.15, 0.2) is 48.5 Å². The lowest BCUT2D eigenvalue weighted by Crippen LogP contribution is -2.22. The molecule has 1 N–H and O–H groups in total. The number of halogens is 1. The summed E-state index contributed by atoms with van der Waals surface area (Å²) < 4.78 is 9.92. The first-order valence-electron chi connectivity index (χ1n) is 6.83. The van der Waals surface area contributed by atoms with Crippen LogP contribution in [-0.2, 0) is 14.3 Å². The molecule has 2 aromatic rings. The van der Waals surface area contributed by atoms with Crippen LogP contribution in [0.1, 0.15) is 22.0 Å². The molecule has 6 heteroatoms. The van der Waals surface area contributed by atoms with E-state index in [4.69, 9.17) is 16.3 Å². The molecule has 1 amide bonds. The van der Waals surface area contributed by atoms with Crippen LogP contribution in [0, 0.1) is 0 Å². The molecular weight excluding hydrogens is 318 g/mol. The Labute approximate surface area is 139 Å². The van der Waals surface area contributed by atoms with E-state index in [0.29, 0.717) is 5.69 Å². The van der Waals surface area contributed by atoms with Crippen LogP contribution in [0.3, 0.4) is 0 Å². The summed E-state index contributed by atoms with van der Waals surface area (Å²) in [5, 5.41) is 2.96. The van der Waals surface area contributed by atoms with Gasteiger partial charge in [0.25, 0.3) is 5.91 Å². The van der Waals surface area contributed by atoms with Gasteiger partial charge >= 0.3 is 5.97 Å². The zero-order chi connectivity index (χ0) is 16.8. The van der Waals surface area contributed by atoms with Crippen molar-refractivity contribution in [3.8, 4) is 0 Å². The Morgan fingerprint density at radius 3 is 2.39 bits per heavy atom. The van der Waals surface area contributed by atoms with Crippen molar-refractivity contribution >= 4 is 29.2 Å². The van der Waals surface area contributed by atoms with Gasteiger partial charge < -0.3 is 14.8 Å². The summed E-state index contributed by atoms with van der Waals surface area (Å²) in [7, 11) is 2.72. The fourth-order valence-electron chi connectivity index (χ4n) is 2.10. The third-order valence-corrected chi connectivity index (χ3v) is 3.54. The molecule has 0 aliphatic carbocycles. The van der Waals surface area contributed by atoms with Gasteiger partial charge in [0.05, 0.1) is 17.7 Å². The van der Waals surface area contributed by atoms with Crippen molar-refractivity contribution < 1.29 is 19.1 Å². The predicted molar refractivity (Wildman–Crippen MR) is 87.6 cm³/mol. The highest BCUT2D eigenvalue weighted by Crippen LogP contribution is 2.23. The minimum atomic E-state index is -0.756. The second-order valence-electron chi connectivity index (χ2n) is 4.70. The first-order chi connectivity index (χ1) is 11.1. The molecule has 0 saturated heterocycles. The maximum atomic E-state index is 12.4. The van der Waals surface area contributed by atoms with E-state index in [-0.39, 0.29) is 16.5 Å². The summed E-state index contributed by atoms with van der Waals surface area (Å²) in [4.78, 5) is 24.0. The number of ether oxygens (including phenoxy) is 2. The van der Waals surface area contributed by atoms with Crippen molar-refractivity contribution in [1.82, 2.24) is 0 Å². The molecule has 23 heavy (non-hydrogen) atoms. The van der Waals surface area contributed by atoms with E-state index in [2.05, 4.69) is 10.1 Å². The van der Waals surface area contributed by atoms with Crippen LogP contribution >= 0.6 is 11.6 Å². The minimum Gasteiger partial charge on any atom is -0.465 e. The van der Waals surface area contributed by atoms with Crippen molar-refractivity contribution in [2.24, 2.45) is 0 Å². The topological polar surface area (TPSA) is 64.6 Å². The zero-order valence-corrected chi connectivity index (χ0v) is 13.5. The number of rotatable bonds is 5. The normalized spacial score (nSPS) is 11.6. The molecule has 0 unspecified atom stereocenters. The number of benzene rings is 2. The van der Waals surface area contributed by atoms with E-state index in [0.717, 1.165) is 5.56 Å². The quantitative estimate of drug-likeness (QED) is 0.851. The van der Waals surface area contributed by atoms with Gasteiger partial charge in [-0.1, -0.05) is 41.9 Å². The third-order valence-electron chi connectivity index (χ3n) is 3.22. The second kappa shape index (κ2) is 7.76. The molecular formula is C17H16ClNO4. The van der Waals surface area contributed by atoms with Gasteiger partial charge in [0.1, 0.15) is 0 Å². The van der Waals surface area contributed by atoms with Gasteiger partial charge in [-0.15, -0.1) is 0 Å². The average molecular weight is 334 g/mol. The van der Waals surface area contributed by atoms with E-state index in [9.17, 15) is 9.59 Å². The lowest BCUT2D eigenvalue weighted by atomic mass is 10.1. The third kappa shape index (κ3) is 4.09. The molecule has 120 valence electrons. The molecule has 0 heterocycles. The first kappa shape index (κ1) is 17.0. The molecule has 2 rings (SSSR count). The molecule has 0 fully saturated rings. The Morgan fingerprint density at radius 2 is 1.78 bits per heavy atom. The van der Waals surface area contributed by atoms with Crippen molar-refractivity contribution in [2.75, 3.05) is 19.5 Å². The van der Waals surface area contributed by atoms with Gasteiger partial charge in [-0.3, -0.25) is 4.79 Å². The van der Waals surface area contributed by atoms with Crippen LogP contribution in [0.5, 0.6) is 0 Å². The van der Waals surface area contributed by atoms with Gasteiger partial charge in [0, 0.05) is 12.8 Å². The van der Waals surface area contributed by atoms with Gasteiger partial charge in [-0.25, -0.2) is 4.79 Å². The van der Waals surface area contributed by atoms with Crippen LogP contribution in [0.2, 0.25) is 5.02 Å². The number of amides is 1. The smallest absolute Gasteiger partial charge is 0.339 e. The maximum Gasteiger partial charge on any atom is 0.339 e. The van der Waals surface area contributed by atoms with Crippen LogP contribution in [0.4, 0.5) is 5.69 Å². The summed E-state index contributed by atoms with van der Waals surface area (Å²) in [6, 6.07) is 13.7. The van der Waals surface area contributed by atoms with Gasteiger partial charge in [0.15, 0.2) is 6.10 Å². The molecule has 2 aromatic carbocycles. The van der Waals surface area contributed by atoms with E-state index in [1.165, 1.54) is 26.4 Å². The minimum absolute atomic E-state index is 0.181. The van der Waals surface area contributed by atoms with Gasteiger partial charge in [-0.05, 0) is 23.8 Å². The summed E-state index contributed by atoms with van der Waals surface area (Å²) in [6.45, 7) is 0. The summed E-state index contributed by atoms with van der Waals surface area (Å²) in [5.41, 5.74) is 1.34.